The first-order valence-electron chi connectivity index (χ1n) is 7.13. The van der Waals surface area contributed by atoms with Gasteiger partial charge in [-0.3, -0.25) is 9.69 Å². The fourth-order valence-electron chi connectivity index (χ4n) is 2.39. The van der Waals surface area contributed by atoms with Crippen molar-refractivity contribution in [3.63, 3.8) is 0 Å². The van der Waals surface area contributed by atoms with E-state index in [0.717, 1.165) is 21.6 Å². The van der Waals surface area contributed by atoms with Gasteiger partial charge in [-0.1, -0.05) is 23.8 Å². The molecule has 0 aliphatic carbocycles. The summed E-state index contributed by atoms with van der Waals surface area (Å²) in [5, 5.41) is 2.41. The second-order valence-corrected chi connectivity index (χ2v) is 7.76. The molecule has 1 aromatic carbocycles. The number of benzene rings is 1. The average molecular weight is 324 g/mol. The Kier molecular flexibility index (Phi) is 4.85. The first kappa shape index (κ1) is 16.5. The predicted octanol–water partition coefficient (Wildman–Crippen LogP) is 1.16. The van der Waals surface area contributed by atoms with Crippen LogP contribution < -0.4 is 5.32 Å². The van der Waals surface area contributed by atoms with Gasteiger partial charge in [0.05, 0.1) is 18.1 Å². The molecule has 0 bridgehead atoms. The molecule has 1 aromatic rings. The number of nitrogens with zero attached hydrogens (tertiary/aromatic N) is 1. The van der Waals surface area contributed by atoms with Gasteiger partial charge in [-0.15, -0.1) is 0 Å². The van der Waals surface area contributed by atoms with Crippen molar-refractivity contribution in [2.45, 2.75) is 26.0 Å². The maximum absolute atomic E-state index is 12.2. The van der Waals surface area contributed by atoms with E-state index in [2.05, 4.69) is 5.32 Å². The Morgan fingerprint density at radius 1 is 1.23 bits per heavy atom. The molecule has 3 amide bonds. The van der Waals surface area contributed by atoms with Crippen LogP contribution in [0.3, 0.4) is 0 Å². The molecule has 120 valence electrons. The van der Waals surface area contributed by atoms with Gasteiger partial charge in [0.15, 0.2) is 9.84 Å². The molecule has 1 saturated heterocycles. The SMILES string of the molecule is Cc1ccc(C)c(CS(=O)(=O)CCCN2C(=O)CNC2=O)c1. The third kappa shape index (κ3) is 4.07. The first-order valence-corrected chi connectivity index (χ1v) is 8.95. The Morgan fingerprint density at radius 2 is 1.95 bits per heavy atom. The Labute approximate surface area is 130 Å². The van der Waals surface area contributed by atoms with Crippen LogP contribution in [0.4, 0.5) is 4.79 Å². The third-order valence-corrected chi connectivity index (χ3v) is 5.32. The second kappa shape index (κ2) is 6.48. The molecule has 1 heterocycles. The van der Waals surface area contributed by atoms with Crippen LogP contribution in [-0.4, -0.2) is 44.1 Å². The van der Waals surface area contributed by atoms with Crippen LogP contribution >= 0.6 is 0 Å². The molecule has 1 aliphatic rings. The number of imide groups is 1. The Balaban J connectivity index is 1.93. The number of aryl methyl sites for hydroxylation is 2. The van der Waals surface area contributed by atoms with Crippen LogP contribution in [0.25, 0.3) is 0 Å². The van der Waals surface area contributed by atoms with Crippen LogP contribution in [0.5, 0.6) is 0 Å². The number of hydrogen-bond acceptors (Lipinski definition) is 4. The summed E-state index contributed by atoms with van der Waals surface area (Å²) >= 11 is 0. The minimum absolute atomic E-state index is 0.00588. The molecule has 0 radical (unpaired) electrons. The lowest BCUT2D eigenvalue weighted by Crippen LogP contribution is -2.32. The zero-order valence-electron chi connectivity index (χ0n) is 12.8. The summed E-state index contributed by atoms with van der Waals surface area (Å²) in [5.74, 6) is -0.366. The number of urea groups is 1. The fraction of sp³-hybridized carbons (Fsp3) is 0.467. The van der Waals surface area contributed by atoms with Crippen LogP contribution in [-0.2, 0) is 20.4 Å². The molecule has 6 nitrogen and oxygen atoms in total. The highest BCUT2D eigenvalue weighted by Crippen LogP contribution is 2.15. The van der Waals surface area contributed by atoms with E-state index in [1.807, 2.05) is 32.0 Å². The average Bonchev–Trinajstić information content (AvgIpc) is 2.74. The molecular weight excluding hydrogens is 304 g/mol. The highest BCUT2D eigenvalue weighted by molar-refractivity contribution is 7.90. The van der Waals surface area contributed by atoms with Crippen LogP contribution in [0.1, 0.15) is 23.1 Å². The molecule has 1 fully saturated rings. The normalized spacial score (nSPS) is 15.3. The van der Waals surface area contributed by atoms with Gasteiger partial charge in [-0.05, 0) is 31.4 Å². The molecule has 22 heavy (non-hydrogen) atoms. The molecule has 0 spiro atoms. The number of hydrogen-bond donors (Lipinski definition) is 1. The van der Waals surface area contributed by atoms with Crippen LogP contribution in [0.15, 0.2) is 18.2 Å². The third-order valence-electron chi connectivity index (χ3n) is 3.65. The van der Waals surface area contributed by atoms with Gasteiger partial charge in [0.2, 0.25) is 5.91 Å². The summed E-state index contributed by atoms with van der Waals surface area (Å²) in [5.41, 5.74) is 2.77. The van der Waals surface area contributed by atoms with E-state index in [1.54, 1.807) is 0 Å². The number of rotatable bonds is 6. The Bertz CT molecular complexity index is 681. The van der Waals surface area contributed by atoms with Gasteiger partial charge in [-0.2, -0.15) is 0 Å². The minimum Gasteiger partial charge on any atom is -0.329 e. The number of nitrogens with one attached hydrogen (secondary N) is 1. The molecule has 0 aromatic heterocycles. The topological polar surface area (TPSA) is 83.6 Å². The van der Waals surface area contributed by atoms with Crippen molar-refractivity contribution >= 4 is 21.8 Å². The monoisotopic (exact) mass is 324 g/mol. The van der Waals surface area contributed by atoms with Crippen molar-refractivity contribution in [2.24, 2.45) is 0 Å². The summed E-state index contributed by atoms with van der Waals surface area (Å²) in [6, 6.07) is 5.29. The molecule has 0 unspecified atom stereocenters. The van der Waals surface area contributed by atoms with Crippen molar-refractivity contribution in [2.75, 3.05) is 18.8 Å². The summed E-state index contributed by atoms with van der Waals surface area (Å²) in [4.78, 5) is 23.8. The van der Waals surface area contributed by atoms with Crippen molar-refractivity contribution in [3.05, 3.63) is 34.9 Å². The number of amides is 3. The van der Waals surface area contributed by atoms with E-state index in [1.165, 1.54) is 0 Å². The lowest BCUT2D eigenvalue weighted by Gasteiger charge is -2.12. The summed E-state index contributed by atoms with van der Waals surface area (Å²) < 4.78 is 24.4. The number of sulfone groups is 1. The van der Waals surface area contributed by atoms with Crippen molar-refractivity contribution < 1.29 is 18.0 Å². The highest BCUT2D eigenvalue weighted by atomic mass is 32.2. The van der Waals surface area contributed by atoms with E-state index in [9.17, 15) is 18.0 Å². The predicted molar refractivity (Wildman–Crippen MR) is 83.1 cm³/mol. The lowest BCUT2D eigenvalue weighted by atomic mass is 10.1. The molecule has 0 saturated carbocycles. The van der Waals surface area contributed by atoms with Crippen LogP contribution in [0.2, 0.25) is 0 Å². The van der Waals surface area contributed by atoms with Gasteiger partial charge < -0.3 is 5.32 Å². The maximum Gasteiger partial charge on any atom is 0.324 e. The zero-order valence-corrected chi connectivity index (χ0v) is 13.6. The minimum atomic E-state index is -3.27. The lowest BCUT2D eigenvalue weighted by molar-refractivity contribution is -0.124. The van der Waals surface area contributed by atoms with Gasteiger partial charge in [0, 0.05) is 6.54 Å². The molecule has 1 aliphatic heterocycles. The fourth-order valence-corrected chi connectivity index (χ4v) is 3.89. The second-order valence-electron chi connectivity index (χ2n) is 5.58. The Morgan fingerprint density at radius 3 is 2.59 bits per heavy atom. The Hall–Kier alpha value is -1.89. The molecular formula is C15H20N2O4S. The van der Waals surface area contributed by atoms with Gasteiger partial charge in [0.1, 0.15) is 0 Å². The van der Waals surface area contributed by atoms with Crippen molar-refractivity contribution in [1.82, 2.24) is 10.2 Å². The largest absolute Gasteiger partial charge is 0.329 e. The molecule has 1 N–H and O–H groups in total. The van der Waals surface area contributed by atoms with Gasteiger partial charge in [0.25, 0.3) is 0 Å². The first-order chi connectivity index (χ1) is 10.3. The summed E-state index contributed by atoms with van der Waals surface area (Å²) in [7, 11) is -3.27. The maximum atomic E-state index is 12.2. The molecule has 7 heteroatoms. The quantitative estimate of drug-likeness (QED) is 0.796. The van der Waals surface area contributed by atoms with Crippen LogP contribution in [0, 0.1) is 13.8 Å². The van der Waals surface area contributed by atoms with Crippen molar-refractivity contribution in [3.8, 4) is 0 Å². The van der Waals surface area contributed by atoms with E-state index >= 15 is 0 Å². The highest BCUT2D eigenvalue weighted by Gasteiger charge is 2.28. The van der Waals surface area contributed by atoms with Gasteiger partial charge >= 0.3 is 6.03 Å². The van der Waals surface area contributed by atoms with Crippen molar-refractivity contribution in [1.29, 1.82) is 0 Å². The van der Waals surface area contributed by atoms with E-state index in [-0.39, 0.29) is 36.9 Å². The van der Waals surface area contributed by atoms with Gasteiger partial charge in [-0.25, -0.2) is 13.2 Å². The smallest absolute Gasteiger partial charge is 0.324 e. The van der Waals surface area contributed by atoms with E-state index in [0.29, 0.717) is 0 Å². The summed E-state index contributed by atoms with van der Waals surface area (Å²) in [6.45, 7) is 3.94. The number of carbonyl (C=O) groups excluding carboxylic acids is 2. The van der Waals surface area contributed by atoms with E-state index < -0.39 is 15.9 Å². The molecule has 0 atom stereocenters. The van der Waals surface area contributed by atoms with E-state index in [4.69, 9.17) is 0 Å². The molecule has 2 rings (SSSR count). The summed E-state index contributed by atoms with van der Waals surface area (Å²) in [6.07, 6.45) is 0.256. The standard InChI is InChI=1S/C15H20N2O4S/c1-11-4-5-12(2)13(8-11)10-22(20,21)7-3-6-17-14(18)9-16-15(17)19/h4-5,8H,3,6-7,9-10H2,1-2H3,(H,16,19). The number of carbonyl (C=O) groups is 2. The zero-order chi connectivity index (χ0) is 16.3.